The van der Waals surface area contributed by atoms with E-state index >= 15 is 0 Å². The van der Waals surface area contributed by atoms with Gasteiger partial charge < -0.3 is 16.0 Å². The third-order valence-corrected chi connectivity index (χ3v) is 8.24. The Morgan fingerprint density at radius 2 is 1.89 bits per heavy atom. The summed E-state index contributed by atoms with van der Waals surface area (Å²) in [6, 6.07) is 9.64. The summed E-state index contributed by atoms with van der Waals surface area (Å²) < 4.78 is 38.9. The minimum atomic E-state index is -4.54. The highest BCUT2D eigenvalue weighted by molar-refractivity contribution is 6.33. The molecule has 2 saturated heterocycles. The summed E-state index contributed by atoms with van der Waals surface area (Å²) in [7, 11) is 0. The fourth-order valence-corrected chi connectivity index (χ4v) is 5.36. The lowest BCUT2D eigenvalue weighted by Crippen LogP contribution is -2.57. The van der Waals surface area contributed by atoms with Crippen LogP contribution >= 0.6 is 11.6 Å². The zero-order valence-corrected chi connectivity index (χ0v) is 24.3. The van der Waals surface area contributed by atoms with Gasteiger partial charge in [0, 0.05) is 62.2 Å². The molecule has 0 bridgehead atoms. The minimum Gasteiger partial charge on any atom is -0.377 e. The molecule has 1 aliphatic carbocycles. The Hall–Kier alpha value is -4.34. The summed E-state index contributed by atoms with van der Waals surface area (Å²) in [5.41, 5.74) is 0.445. The van der Waals surface area contributed by atoms with E-state index in [1.54, 1.807) is 18.3 Å². The van der Waals surface area contributed by atoms with Crippen LogP contribution in [0.5, 0.6) is 0 Å². The smallest absolute Gasteiger partial charge is 0.377 e. The van der Waals surface area contributed by atoms with Crippen LogP contribution in [0.25, 0.3) is 0 Å². The monoisotopic (exact) mass is 626 g/mol. The van der Waals surface area contributed by atoms with E-state index < -0.39 is 29.2 Å². The Morgan fingerprint density at radius 3 is 2.48 bits per heavy atom. The average molecular weight is 627 g/mol. The van der Waals surface area contributed by atoms with Crippen LogP contribution in [0, 0.1) is 23.2 Å². The number of halogens is 4. The third-order valence-electron chi connectivity index (χ3n) is 7.92. The maximum Gasteiger partial charge on any atom is 0.416 e. The number of anilines is 2. The Labute approximate surface area is 257 Å². The second-order valence-electron chi connectivity index (χ2n) is 11.1. The van der Waals surface area contributed by atoms with Gasteiger partial charge in [-0.3, -0.25) is 24.7 Å². The van der Waals surface area contributed by atoms with Gasteiger partial charge in [-0.05, 0) is 67.3 Å². The number of alkyl halides is 3. The van der Waals surface area contributed by atoms with Crippen LogP contribution in [0.1, 0.15) is 36.8 Å². The Bertz CT molecular complexity index is 1550. The molecule has 2 heterocycles. The lowest BCUT2D eigenvalue weighted by molar-refractivity contribution is -0.137. The SMILES string of the molecule is N=C/C(=C\NC1(C(=O)Nc2ccc(C(F)(F)F)cc2Cl)CCC1)CN1CC(C#Cc2ccc(N3CCC(=O)NC3=O)cc2)C1. The lowest BCUT2D eigenvalue weighted by atomic mass is 9.76. The summed E-state index contributed by atoms with van der Waals surface area (Å²) in [6.45, 7) is 2.26. The number of benzene rings is 2. The predicted octanol–water partition coefficient (Wildman–Crippen LogP) is 4.77. The molecular formula is C31H30ClF3N6O3. The van der Waals surface area contributed by atoms with Gasteiger partial charge in [0.25, 0.3) is 0 Å². The molecule has 2 aromatic rings. The number of nitrogens with zero attached hydrogens (tertiary/aromatic N) is 2. The minimum absolute atomic E-state index is 0.102. The van der Waals surface area contributed by atoms with E-state index in [0.29, 0.717) is 37.2 Å². The van der Waals surface area contributed by atoms with Crippen LogP contribution in [0.15, 0.2) is 54.2 Å². The van der Waals surface area contributed by atoms with E-state index in [9.17, 15) is 27.6 Å². The maximum absolute atomic E-state index is 13.1. The molecule has 0 radical (unpaired) electrons. The van der Waals surface area contributed by atoms with Crippen LogP contribution in [0.2, 0.25) is 5.02 Å². The van der Waals surface area contributed by atoms with Crippen LogP contribution in [0.4, 0.5) is 29.3 Å². The molecule has 0 atom stereocenters. The first kappa shape index (κ1) is 31.1. The third kappa shape index (κ3) is 7.06. The summed E-state index contributed by atoms with van der Waals surface area (Å²) in [5.74, 6) is 5.89. The van der Waals surface area contributed by atoms with Crippen LogP contribution < -0.4 is 20.9 Å². The van der Waals surface area contributed by atoms with E-state index in [2.05, 4.69) is 32.7 Å². The molecule has 1 saturated carbocycles. The van der Waals surface area contributed by atoms with Crippen molar-refractivity contribution in [3.8, 4) is 11.8 Å². The molecule has 3 aliphatic rings. The highest BCUT2D eigenvalue weighted by Crippen LogP contribution is 2.36. The molecule has 230 valence electrons. The first-order valence-electron chi connectivity index (χ1n) is 14.1. The van der Waals surface area contributed by atoms with Crippen molar-refractivity contribution < 1.29 is 27.6 Å². The number of hydrogen-bond donors (Lipinski definition) is 4. The molecule has 13 heteroatoms. The van der Waals surface area contributed by atoms with Gasteiger partial charge in [0.15, 0.2) is 0 Å². The van der Waals surface area contributed by atoms with E-state index in [4.69, 9.17) is 17.0 Å². The molecule has 2 aliphatic heterocycles. The molecule has 4 amide bonds. The van der Waals surface area contributed by atoms with Crippen molar-refractivity contribution in [2.75, 3.05) is 36.4 Å². The quantitative estimate of drug-likeness (QED) is 0.249. The molecule has 0 spiro atoms. The summed E-state index contributed by atoms with van der Waals surface area (Å²) >= 11 is 6.02. The van der Waals surface area contributed by atoms with Gasteiger partial charge in [-0.15, -0.1) is 0 Å². The van der Waals surface area contributed by atoms with Gasteiger partial charge in [0.05, 0.1) is 16.3 Å². The first-order valence-corrected chi connectivity index (χ1v) is 14.4. The van der Waals surface area contributed by atoms with Crippen LogP contribution in [-0.4, -0.2) is 60.7 Å². The first-order chi connectivity index (χ1) is 21.0. The number of likely N-dealkylation sites (tertiary alicyclic amines) is 1. The molecule has 0 aromatic heterocycles. The number of nitrogens with one attached hydrogen (secondary N) is 4. The normalized spacial score (nSPS) is 18.7. The number of rotatable bonds is 8. The lowest BCUT2D eigenvalue weighted by Gasteiger charge is -2.41. The van der Waals surface area contributed by atoms with Crippen molar-refractivity contribution in [3.63, 3.8) is 0 Å². The molecule has 9 nitrogen and oxygen atoms in total. The number of carbonyl (C=O) groups excluding carboxylic acids is 3. The van der Waals surface area contributed by atoms with Crippen molar-refractivity contribution in [1.29, 1.82) is 5.41 Å². The van der Waals surface area contributed by atoms with E-state index in [0.717, 1.165) is 43.3 Å². The molecule has 0 unspecified atom stereocenters. The molecule has 5 rings (SSSR count). The van der Waals surface area contributed by atoms with E-state index in [-0.39, 0.29) is 29.0 Å². The number of amides is 4. The van der Waals surface area contributed by atoms with Gasteiger partial charge in [0.1, 0.15) is 5.54 Å². The Balaban J connectivity index is 1.11. The van der Waals surface area contributed by atoms with Crippen molar-refractivity contribution in [1.82, 2.24) is 15.5 Å². The van der Waals surface area contributed by atoms with Gasteiger partial charge in [-0.1, -0.05) is 23.4 Å². The van der Waals surface area contributed by atoms with Crippen LogP contribution in [-0.2, 0) is 15.8 Å². The topological polar surface area (TPSA) is 118 Å². The summed E-state index contributed by atoms with van der Waals surface area (Å²) in [5, 5.41) is 15.7. The maximum atomic E-state index is 13.1. The molecule has 44 heavy (non-hydrogen) atoms. The van der Waals surface area contributed by atoms with Gasteiger partial charge in [-0.2, -0.15) is 13.2 Å². The largest absolute Gasteiger partial charge is 0.416 e. The van der Waals surface area contributed by atoms with E-state index in [1.165, 1.54) is 11.1 Å². The number of imide groups is 1. The van der Waals surface area contributed by atoms with Crippen molar-refractivity contribution in [2.45, 2.75) is 37.4 Å². The molecule has 2 aromatic carbocycles. The number of hydrogen-bond acceptors (Lipinski definition) is 6. The fourth-order valence-electron chi connectivity index (χ4n) is 5.13. The van der Waals surface area contributed by atoms with Crippen molar-refractivity contribution in [2.24, 2.45) is 5.92 Å². The highest BCUT2D eigenvalue weighted by Gasteiger charge is 2.44. The Morgan fingerprint density at radius 1 is 1.16 bits per heavy atom. The van der Waals surface area contributed by atoms with E-state index in [1.807, 2.05) is 12.1 Å². The standard InChI is InChI=1S/C31H30ClF3N6O3/c32-25-14-23(31(33,34)35)6-9-26(25)38-28(43)30(11-1-12-30)37-16-22(15-36)19-40-17-21(18-40)3-2-20-4-7-24(8-5-20)41-13-10-27(42)39-29(41)44/h4-9,14-16,21,36-37H,1,10-13,17-19H2,(H,38,43)(H,39,42,44)/b22-16+,36-15?. The number of carbonyl (C=O) groups is 3. The number of urea groups is 1. The summed E-state index contributed by atoms with van der Waals surface area (Å²) in [4.78, 5) is 40.1. The second kappa shape index (κ2) is 12.7. The van der Waals surface area contributed by atoms with Crippen molar-refractivity contribution >= 4 is 47.0 Å². The van der Waals surface area contributed by atoms with Gasteiger partial charge in [0.2, 0.25) is 11.8 Å². The summed E-state index contributed by atoms with van der Waals surface area (Å²) in [6.07, 6.45) is 0.471. The highest BCUT2D eigenvalue weighted by atomic mass is 35.5. The van der Waals surface area contributed by atoms with Crippen molar-refractivity contribution in [3.05, 3.63) is 70.4 Å². The molecule has 4 N–H and O–H groups in total. The molecular weight excluding hydrogens is 597 g/mol. The fraction of sp³-hybridized carbons (Fsp3) is 0.355. The Kier molecular flexibility index (Phi) is 8.99. The zero-order chi connectivity index (χ0) is 31.5. The second-order valence-corrected chi connectivity index (χ2v) is 11.5. The van der Waals surface area contributed by atoms with Gasteiger partial charge in [-0.25, -0.2) is 4.79 Å². The predicted molar refractivity (Wildman–Crippen MR) is 160 cm³/mol. The zero-order valence-electron chi connectivity index (χ0n) is 23.6. The molecule has 3 fully saturated rings. The average Bonchev–Trinajstić information content (AvgIpc) is 2.93. The van der Waals surface area contributed by atoms with Gasteiger partial charge >= 0.3 is 12.2 Å². The van der Waals surface area contributed by atoms with Crippen LogP contribution in [0.3, 0.4) is 0 Å².